The highest BCUT2D eigenvalue weighted by Crippen LogP contribution is 2.24. The van der Waals surface area contributed by atoms with E-state index in [1.807, 2.05) is 6.20 Å². The van der Waals surface area contributed by atoms with Gasteiger partial charge in [-0.05, 0) is 25.7 Å². The fourth-order valence-corrected chi connectivity index (χ4v) is 2.89. The van der Waals surface area contributed by atoms with Crippen molar-refractivity contribution in [2.24, 2.45) is 0 Å². The van der Waals surface area contributed by atoms with Gasteiger partial charge in [0.25, 0.3) is 0 Å². The van der Waals surface area contributed by atoms with Gasteiger partial charge in [0.1, 0.15) is 0 Å². The third-order valence-corrected chi connectivity index (χ3v) is 3.90. The molecule has 0 aromatic carbocycles. The average Bonchev–Trinajstić information content (AvgIpc) is 2.45. The van der Waals surface area contributed by atoms with Crippen molar-refractivity contribution < 1.29 is 4.74 Å². The number of hydrogen-bond donors (Lipinski definition) is 0. The molecule has 5 heteroatoms. The van der Waals surface area contributed by atoms with Crippen molar-refractivity contribution in [1.29, 1.82) is 0 Å². The highest BCUT2D eigenvalue weighted by molar-refractivity contribution is 9.09. The fourth-order valence-electron chi connectivity index (χ4n) is 2.22. The lowest BCUT2D eigenvalue weighted by Crippen LogP contribution is -2.41. The van der Waals surface area contributed by atoms with Gasteiger partial charge in [-0.15, -0.1) is 0 Å². The number of anilines is 1. The summed E-state index contributed by atoms with van der Waals surface area (Å²) in [6.07, 6.45) is 8.25. The van der Waals surface area contributed by atoms with Crippen LogP contribution < -0.4 is 9.64 Å². The van der Waals surface area contributed by atoms with Crippen molar-refractivity contribution in [2.75, 3.05) is 23.4 Å². The van der Waals surface area contributed by atoms with E-state index in [1.165, 1.54) is 19.3 Å². The molecule has 0 amide bonds. The van der Waals surface area contributed by atoms with Crippen molar-refractivity contribution in [2.45, 2.75) is 38.6 Å². The number of hydrogen-bond acceptors (Lipinski definition) is 4. The lowest BCUT2D eigenvalue weighted by atomic mass is 10.0. The third kappa shape index (κ3) is 3.34. The van der Waals surface area contributed by atoms with Crippen molar-refractivity contribution >= 4 is 21.7 Å². The Kier molecular flexibility index (Phi) is 5.23. The fraction of sp³-hybridized carbons (Fsp3) is 0.692. The molecule has 2 rings (SSSR count). The Morgan fingerprint density at radius 2 is 2.33 bits per heavy atom. The van der Waals surface area contributed by atoms with Crippen LogP contribution in [0.3, 0.4) is 0 Å². The van der Waals surface area contributed by atoms with Crippen LogP contribution in [0.2, 0.25) is 0 Å². The maximum atomic E-state index is 5.54. The molecule has 1 unspecified atom stereocenters. The monoisotopic (exact) mass is 313 g/mol. The minimum absolute atomic E-state index is 0.523. The molecule has 1 aromatic rings. The Morgan fingerprint density at radius 1 is 1.44 bits per heavy atom. The molecule has 1 aliphatic rings. The molecule has 1 aliphatic heterocycles. The summed E-state index contributed by atoms with van der Waals surface area (Å²) in [5.74, 6) is 1.57. The van der Waals surface area contributed by atoms with Gasteiger partial charge in [0, 0.05) is 17.9 Å². The highest BCUT2D eigenvalue weighted by atomic mass is 79.9. The van der Waals surface area contributed by atoms with Gasteiger partial charge in [-0.2, -0.15) is 4.98 Å². The minimum Gasteiger partial charge on any atom is -0.477 e. The predicted molar refractivity (Wildman–Crippen MR) is 76.6 cm³/mol. The molecule has 1 atom stereocenters. The summed E-state index contributed by atoms with van der Waals surface area (Å²) in [7, 11) is 0. The second-order valence-corrected chi connectivity index (χ2v) is 5.21. The molecule has 1 aromatic heterocycles. The maximum absolute atomic E-state index is 5.54. The molecule has 0 spiro atoms. The average molecular weight is 314 g/mol. The molecule has 0 bridgehead atoms. The molecule has 0 aliphatic carbocycles. The smallest absolute Gasteiger partial charge is 0.234 e. The third-order valence-electron chi connectivity index (χ3n) is 3.15. The lowest BCUT2D eigenvalue weighted by molar-refractivity contribution is 0.303. The predicted octanol–water partition coefficient (Wildman–Crippen LogP) is 3.02. The normalized spacial score (nSPS) is 19.9. The maximum Gasteiger partial charge on any atom is 0.234 e. The van der Waals surface area contributed by atoms with Gasteiger partial charge in [0.2, 0.25) is 5.88 Å². The Bertz CT molecular complexity index is 375. The molecule has 0 N–H and O–H groups in total. The van der Waals surface area contributed by atoms with Crippen LogP contribution in [0.1, 0.15) is 32.6 Å². The number of nitrogens with zero attached hydrogens (tertiary/aromatic N) is 3. The lowest BCUT2D eigenvalue weighted by Gasteiger charge is -2.35. The van der Waals surface area contributed by atoms with E-state index in [0.717, 1.165) is 24.1 Å². The highest BCUT2D eigenvalue weighted by Gasteiger charge is 2.23. The first-order valence-electron chi connectivity index (χ1n) is 6.62. The second-order valence-electron chi connectivity index (χ2n) is 4.56. The van der Waals surface area contributed by atoms with Crippen molar-refractivity contribution in [3.8, 4) is 5.88 Å². The van der Waals surface area contributed by atoms with Gasteiger partial charge in [-0.1, -0.05) is 22.9 Å². The molecule has 18 heavy (non-hydrogen) atoms. The van der Waals surface area contributed by atoms with Crippen LogP contribution in [0.25, 0.3) is 0 Å². The van der Waals surface area contributed by atoms with Gasteiger partial charge in [0.05, 0.1) is 19.0 Å². The van der Waals surface area contributed by atoms with Crippen LogP contribution in [0.4, 0.5) is 5.82 Å². The number of halogens is 1. The van der Waals surface area contributed by atoms with Crippen LogP contribution in [0.15, 0.2) is 12.4 Å². The zero-order chi connectivity index (χ0) is 12.8. The molecular formula is C13H20BrN3O. The van der Waals surface area contributed by atoms with Crippen LogP contribution in [0, 0.1) is 0 Å². The number of ether oxygens (including phenoxy) is 1. The zero-order valence-corrected chi connectivity index (χ0v) is 12.4. The SMILES string of the molecule is CCCOc1cncc(N2CCCCC2CBr)n1. The summed E-state index contributed by atoms with van der Waals surface area (Å²) in [6, 6.07) is 0.523. The van der Waals surface area contributed by atoms with Crippen molar-refractivity contribution in [3.05, 3.63) is 12.4 Å². The Labute approximate surface area is 117 Å². The first-order chi connectivity index (χ1) is 8.85. The Morgan fingerprint density at radius 3 is 3.11 bits per heavy atom. The number of rotatable bonds is 5. The van der Waals surface area contributed by atoms with Gasteiger partial charge in [-0.3, -0.25) is 4.98 Å². The zero-order valence-electron chi connectivity index (χ0n) is 10.8. The quantitative estimate of drug-likeness (QED) is 0.783. The van der Waals surface area contributed by atoms with E-state index in [4.69, 9.17) is 4.74 Å². The van der Waals surface area contributed by atoms with Crippen LogP contribution in [-0.2, 0) is 0 Å². The molecule has 100 valence electrons. The molecular weight excluding hydrogens is 294 g/mol. The van der Waals surface area contributed by atoms with Crippen LogP contribution in [0.5, 0.6) is 5.88 Å². The van der Waals surface area contributed by atoms with Gasteiger partial charge in [-0.25, -0.2) is 0 Å². The molecule has 0 radical (unpaired) electrons. The Balaban J connectivity index is 2.10. The van der Waals surface area contributed by atoms with Crippen molar-refractivity contribution in [1.82, 2.24) is 9.97 Å². The Hall–Kier alpha value is -0.840. The van der Waals surface area contributed by atoms with Gasteiger partial charge >= 0.3 is 0 Å². The van der Waals surface area contributed by atoms with E-state index in [0.29, 0.717) is 18.5 Å². The summed E-state index contributed by atoms with van der Waals surface area (Å²) < 4.78 is 5.54. The number of aromatic nitrogens is 2. The van der Waals surface area contributed by atoms with E-state index in [9.17, 15) is 0 Å². The van der Waals surface area contributed by atoms with E-state index in [2.05, 4.69) is 37.7 Å². The topological polar surface area (TPSA) is 38.2 Å². The molecule has 1 saturated heterocycles. The molecule has 1 fully saturated rings. The van der Waals surface area contributed by atoms with E-state index < -0.39 is 0 Å². The summed E-state index contributed by atoms with van der Waals surface area (Å²) >= 11 is 3.59. The van der Waals surface area contributed by atoms with Crippen LogP contribution in [-0.4, -0.2) is 34.5 Å². The summed E-state index contributed by atoms with van der Waals surface area (Å²) in [4.78, 5) is 11.1. The number of piperidine rings is 1. The molecule has 0 saturated carbocycles. The van der Waals surface area contributed by atoms with Crippen LogP contribution >= 0.6 is 15.9 Å². The van der Waals surface area contributed by atoms with E-state index >= 15 is 0 Å². The number of alkyl halides is 1. The largest absolute Gasteiger partial charge is 0.477 e. The van der Waals surface area contributed by atoms with Gasteiger partial charge < -0.3 is 9.64 Å². The standard InChI is InChI=1S/C13H20BrN3O/c1-2-7-18-13-10-15-9-12(16-13)17-6-4-3-5-11(17)8-14/h9-11H,2-8H2,1H3. The molecule has 4 nitrogen and oxygen atoms in total. The minimum atomic E-state index is 0.523. The first-order valence-corrected chi connectivity index (χ1v) is 7.74. The molecule has 2 heterocycles. The van der Waals surface area contributed by atoms with Gasteiger partial charge in [0.15, 0.2) is 5.82 Å². The summed E-state index contributed by atoms with van der Waals surface area (Å²) in [5.41, 5.74) is 0. The first kappa shape index (κ1) is 13.6. The second kappa shape index (κ2) is 6.92. The van der Waals surface area contributed by atoms with E-state index in [1.54, 1.807) is 6.20 Å². The van der Waals surface area contributed by atoms with Crippen molar-refractivity contribution in [3.63, 3.8) is 0 Å². The summed E-state index contributed by atoms with van der Waals surface area (Å²) in [5, 5.41) is 0.981. The summed E-state index contributed by atoms with van der Waals surface area (Å²) in [6.45, 7) is 3.84. The van der Waals surface area contributed by atoms with E-state index in [-0.39, 0.29) is 0 Å².